The van der Waals surface area contributed by atoms with Crippen LogP contribution in [0.25, 0.3) is 11.0 Å². The number of fused-ring (bicyclic) bond motifs is 1. The van der Waals surface area contributed by atoms with E-state index in [1.807, 2.05) is 53.3 Å². The molecular formula is C15H18N5+. The minimum Gasteiger partial charge on any atom is -0.252 e. The van der Waals surface area contributed by atoms with Crippen molar-refractivity contribution in [2.75, 3.05) is 5.32 Å². The van der Waals surface area contributed by atoms with Gasteiger partial charge in [0, 0.05) is 12.5 Å². The van der Waals surface area contributed by atoms with Gasteiger partial charge in [0.25, 0.3) is 5.82 Å². The van der Waals surface area contributed by atoms with Crippen molar-refractivity contribution in [2.24, 2.45) is 0 Å². The fourth-order valence-corrected chi connectivity index (χ4v) is 2.31. The zero-order valence-electron chi connectivity index (χ0n) is 11.5. The highest BCUT2D eigenvalue weighted by atomic mass is 15.5. The zero-order valence-corrected chi connectivity index (χ0v) is 11.5. The van der Waals surface area contributed by atoms with Crippen LogP contribution >= 0.6 is 0 Å². The van der Waals surface area contributed by atoms with Gasteiger partial charge in [-0.25, -0.2) is 9.67 Å². The molecule has 0 bridgehead atoms. The average Bonchev–Trinajstić information content (AvgIpc) is 2.92. The second-order valence-corrected chi connectivity index (χ2v) is 4.75. The van der Waals surface area contributed by atoms with Gasteiger partial charge in [-0.15, -0.1) is 5.10 Å². The van der Waals surface area contributed by atoms with Crippen molar-refractivity contribution < 1.29 is 4.98 Å². The lowest BCUT2D eigenvalue weighted by Crippen LogP contribution is -2.23. The Balaban J connectivity index is 1.94. The molecule has 1 aromatic carbocycles. The molecule has 0 spiro atoms. The van der Waals surface area contributed by atoms with E-state index in [1.165, 1.54) is 0 Å². The van der Waals surface area contributed by atoms with Crippen LogP contribution in [0.2, 0.25) is 0 Å². The maximum Gasteiger partial charge on any atom is 0.273 e. The predicted molar refractivity (Wildman–Crippen MR) is 78.1 cm³/mol. The third kappa shape index (κ3) is 2.47. The quantitative estimate of drug-likeness (QED) is 0.774. The van der Waals surface area contributed by atoms with E-state index in [2.05, 4.69) is 27.5 Å². The largest absolute Gasteiger partial charge is 0.273 e. The van der Waals surface area contributed by atoms with Crippen LogP contribution < -0.4 is 10.3 Å². The summed E-state index contributed by atoms with van der Waals surface area (Å²) >= 11 is 0. The molecule has 5 nitrogen and oxygen atoms in total. The summed E-state index contributed by atoms with van der Waals surface area (Å²) in [5, 5.41) is 12.0. The molecule has 0 radical (unpaired) electrons. The van der Waals surface area contributed by atoms with E-state index in [-0.39, 0.29) is 6.17 Å². The molecule has 3 rings (SSSR count). The van der Waals surface area contributed by atoms with Crippen molar-refractivity contribution in [2.45, 2.75) is 25.9 Å². The van der Waals surface area contributed by atoms with Gasteiger partial charge in [0.1, 0.15) is 5.52 Å². The Kier molecular flexibility index (Phi) is 3.58. The summed E-state index contributed by atoms with van der Waals surface area (Å²) in [6, 6.07) is 14.0. The lowest BCUT2D eigenvalue weighted by atomic mass is 10.2. The first kappa shape index (κ1) is 12.6. The summed E-state index contributed by atoms with van der Waals surface area (Å²) in [5.41, 5.74) is 1.97. The summed E-state index contributed by atoms with van der Waals surface area (Å²) in [5.74, 6) is 0.977. The van der Waals surface area contributed by atoms with Crippen LogP contribution in [0.3, 0.4) is 0 Å². The highest BCUT2D eigenvalue weighted by molar-refractivity contribution is 5.74. The second kappa shape index (κ2) is 5.69. The Morgan fingerprint density at radius 2 is 2.05 bits per heavy atom. The van der Waals surface area contributed by atoms with Gasteiger partial charge in [0.05, 0.1) is 11.7 Å². The Hall–Kier alpha value is -2.43. The standard InChI is InChI=1S/C15H17N5/c1-2-7-15(17-14-10-5-6-11-16-14)20-13-9-4-3-8-12(13)18-19-20/h3-6,8-11,15H,2,7H2,1H3,(H,16,17)/p+1/t15-/m1/s1. The van der Waals surface area contributed by atoms with E-state index in [4.69, 9.17) is 0 Å². The summed E-state index contributed by atoms with van der Waals surface area (Å²) < 4.78 is 1.96. The number of anilines is 1. The van der Waals surface area contributed by atoms with Gasteiger partial charge in [-0.2, -0.15) is 0 Å². The first-order valence-electron chi connectivity index (χ1n) is 6.91. The number of nitrogens with one attached hydrogen (secondary N) is 2. The lowest BCUT2D eigenvalue weighted by molar-refractivity contribution is -0.361. The van der Waals surface area contributed by atoms with E-state index in [0.717, 1.165) is 29.7 Å². The molecule has 5 heteroatoms. The number of hydrogen-bond acceptors (Lipinski definition) is 3. The van der Waals surface area contributed by atoms with Crippen molar-refractivity contribution in [1.29, 1.82) is 0 Å². The van der Waals surface area contributed by atoms with E-state index >= 15 is 0 Å². The maximum atomic E-state index is 4.30. The van der Waals surface area contributed by atoms with E-state index < -0.39 is 0 Å². The molecule has 3 aromatic rings. The Labute approximate surface area is 117 Å². The molecular weight excluding hydrogens is 250 g/mol. The van der Waals surface area contributed by atoms with Crippen molar-refractivity contribution in [1.82, 2.24) is 15.0 Å². The van der Waals surface area contributed by atoms with Gasteiger partial charge in [-0.1, -0.05) is 36.8 Å². The van der Waals surface area contributed by atoms with Crippen molar-refractivity contribution in [3.05, 3.63) is 48.7 Å². The fourth-order valence-electron chi connectivity index (χ4n) is 2.31. The number of para-hydroxylation sites is 1. The molecule has 20 heavy (non-hydrogen) atoms. The van der Waals surface area contributed by atoms with E-state index in [0.29, 0.717) is 0 Å². The predicted octanol–water partition coefficient (Wildman–Crippen LogP) is 2.66. The molecule has 2 N–H and O–H groups in total. The first-order chi connectivity index (χ1) is 9.88. The number of H-pyrrole nitrogens is 1. The minimum absolute atomic E-state index is 0.0889. The molecule has 0 aliphatic carbocycles. The number of pyridine rings is 1. The first-order valence-corrected chi connectivity index (χ1v) is 6.91. The van der Waals surface area contributed by atoms with Crippen LogP contribution in [-0.2, 0) is 0 Å². The van der Waals surface area contributed by atoms with Gasteiger partial charge < -0.3 is 0 Å². The van der Waals surface area contributed by atoms with Crippen molar-refractivity contribution in [3.8, 4) is 0 Å². The van der Waals surface area contributed by atoms with Crippen LogP contribution in [0, 0.1) is 0 Å². The lowest BCUT2D eigenvalue weighted by Gasteiger charge is -2.14. The number of aromatic nitrogens is 4. The summed E-state index contributed by atoms with van der Waals surface area (Å²) in [4.78, 5) is 3.19. The van der Waals surface area contributed by atoms with E-state index in [9.17, 15) is 0 Å². The molecule has 2 aromatic heterocycles. The van der Waals surface area contributed by atoms with Crippen LogP contribution in [0.5, 0.6) is 0 Å². The molecule has 0 aliphatic rings. The van der Waals surface area contributed by atoms with Crippen LogP contribution in [0.15, 0.2) is 48.7 Å². The maximum absolute atomic E-state index is 4.30. The summed E-state index contributed by atoms with van der Waals surface area (Å²) in [6.07, 6.45) is 4.05. The number of aromatic amines is 1. The Morgan fingerprint density at radius 3 is 2.85 bits per heavy atom. The monoisotopic (exact) mass is 268 g/mol. The van der Waals surface area contributed by atoms with Crippen LogP contribution in [-0.4, -0.2) is 15.0 Å². The number of nitrogens with zero attached hydrogens (tertiary/aromatic N) is 3. The highest BCUT2D eigenvalue weighted by Gasteiger charge is 2.19. The molecule has 1 atom stereocenters. The normalized spacial score (nSPS) is 12.4. The number of benzene rings is 1. The van der Waals surface area contributed by atoms with Crippen LogP contribution in [0.4, 0.5) is 5.82 Å². The van der Waals surface area contributed by atoms with Crippen LogP contribution in [0.1, 0.15) is 25.9 Å². The fraction of sp³-hybridized carbons (Fsp3) is 0.267. The third-order valence-electron chi connectivity index (χ3n) is 3.27. The number of rotatable bonds is 5. The molecule has 0 saturated heterocycles. The van der Waals surface area contributed by atoms with Gasteiger partial charge in [0.15, 0.2) is 6.17 Å². The van der Waals surface area contributed by atoms with Crippen molar-refractivity contribution >= 4 is 16.9 Å². The minimum atomic E-state index is 0.0889. The average molecular weight is 268 g/mol. The Morgan fingerprint density at radius 1 is 1.20 bits per heavy atom. The highest BCUT2D eigenvalue weighted by Crippen LogP contribution is 2.20. The summed E-state index contributed by atoms with van der Waals surface area (Å²) in [7, 11) is 0. The van der Waals surface area contributed by atoms with Gasteiger partial charge in [0.2, 0.25) is 0 Å². The number of hydrogen-bond donors (Lipinski definition) is 1. The Bertz CT molecular complexity index is 677. The van der Waals surface area contributed by atoms with E-state index in [1.54, 1.807) is 0 Å². The smallest absolute Gasteiger partial charge is 0.252 e. The topological polar surface area (TPSA) is 56.9 Å². The molecule has 0 fully saturated rings. The van der Waals surface area contributed by atoms with Gasteiger partial charge in [-0.3, -0.25) is 5.32 Å². The van der Waals surface area contributed by atoms with Gasteiger partial charge >= 0.3 is 0 Å². The third-order valence-corrected chi connectivity index (χ3v) is 3.27. The molecule has 2 heterocycles. The second-order valence-electron chi connectivity index (χ2n) is 4.75. The molecule has 102 valence electrons. The zero-order chi connectivity index (χ0) is 13.8. The molecule has 0 aliphatic heterocycles. The van der Waals surface area contributed by atoms with Crippen molar-refractivity contribution in [3.63, 3.8) is 0 Å². The van der Waals surface area contributed by atoms with Gasteiger partial charge in [-0.05, 0) is 18.2 Å². The summed E-state index contributed by atoms with van der Waals surface area (Å²) in [6.45, 7) is 2.17. The SMILES string of the molecule is CCC[C@H](Nc1cccc[nH+]1)n1nnc2ccccc21. The molecule has 0 saturated carbocycles. The molecule has 0 unspecified atom stereocenters. The molecule has 0 amide bonds.